The van der Waals surface area contributed by atoms with E-state index in [2.05, 4.69) is 12.2 Å². The predicted octanol–water partition coefficient (Wildman–Crippen LogP) is 5.92. The molecule has 186 valence electrons. The highest BCUT2D eigenvalue weighted by atomic mass is 32.2. The predicted molar refractivity (Wildman–Crippen MR) is 131 cm³/mol. The number of nitrogens with zero attached hydrogens (tertiary/aromatic N) is 1. The van der Waals surface area contributed by atoms with Crippen LogP contribution in [0, 0.1) is 0 Å². The van der Waals surface area contributed by atoms with E-state index in [9.17, 15) is 13.2 Å². The first-order chi connectivity index (χ1) is 14.7. The quantitative estimate of drug-likeness (QED) is 0.126. The number of hydrogen-bond donors (Lipinski definition) is 2. The Morgan fingerprint density at radius 2 is 1.23 bits per heavy atom. The molecule has 1 unspecified atom stereocenters. The molecule has 0 aromatic rings. The van der Waals surface area contributed by atoms with Crippen LogP contribution in [0.3, 0.4) is 0 Å². The highest BCUT2D eigenvalue weighted by Gasteiger charge is 2.34. The summed E-state index contributed by atoms with van der Waals surface area (Å²) in [4.78, 5) is 14.4. The second-order valence-corrected chi connectivity index (χ2v) is 10.8. The number of amides is 1. The lowest BCUT2D eigenvalue weighted by Gasteiger charge is -2.40. The third-order valence-corrected chi connectivity index (χ3v) is 6.89. The van der Waals surface area contributed by atoms with Crippen LogP contribution in [-0.4, -0.2) is 49.3 Å². The topological polar surface area (TPSA) is 86.7 Å². The van der Waals surface area contributed by atoms with E-state index in [1.807, 2.05) is 25.9 Å². The monoisotopic (exact) mass is 462 g/mol. The van der Waals surface area contributed by atoms with E-state index in [0.717, 1.165) is 19.3 Å². The average molecular weight is 463 g/mol. The van der Waals surface area contributed by atoms with E-state index < -0.39 is 15.8 Å². The summed E-state index contributed by atoms with van der Waals surface area (Å²) < 4.78 is 31.6. The lowest BCUT2D eigenvalue weighted by molar-refractivity contribution is -0.125. The maximum atomic E-state index is 12.5. The van der Waals surface area contributed by atoms with Crippen LogP contribution in [0.25, 0.3) is 0 Å². The molecule has 0 aromatic heterocycles. The van der Waals surface area contributed by atoms with Crippen molar-refractivity contribution in [3.8, 4) is 0 Å². The van der Waals surface area contributed by atoms with Crippen molar-refractivity contribution >= 4 is 16.0 Å². The molecule has 2 N–H and O–H groups in total. The Morgan fingerprint density at radius 3 is 1.61 bits per heavy atom. The molecule has 0 saturated carbocycles. The van der Waals surface area contributed by atoms with E-state index in [1.54, 1.807) is 0 Å². The second kappa shape index (κ2) is 17.8. The van der Waals surface area contributed by atoms with Crippen molar-refractivity contribution in [2.75, 3.05) is 19.8 Å². The molecule has 0 fully saturated rings. The van der Waals surface area contributed by atoms with Gasteiger partial charge in [-0.3, -0.25) is 14.2 Å². The van der Waals surface area contributed by atoms with Crippen LogP contribution in [0.5, 0.6) is 0 Å². The van der Waals surface area contributed by atoms with Crippen LogP contribution < -0.4 is 5.32 Å². The fourth-order valence-electron chi connectivity index (χ4n) is 4.15. The summed E-state index contributed by atoms with van der Waals surface area (Å²) in [6, 6.07) is 0. The molecule has 0 aromatic carbocycles. The van der Waals surface area contributed by atoms with Crippen molar-refractivity contribution < 1.29 is 17.8 Å². The fourth-order valence-corrected chi connectivity index (χ4v) is 4.74. The number of unbranched alkanes of at least 4 members (excludes halogenated alkanes) is 12. The molecule has 0 heterocycles. The molecule has 0 aliphatic carbocycles. The smallest absolute Gasteiger partial charge is 0.264 e. The van der Waals surface area contributed by atoms with Gasteiger partial charge in [0.2, 0.25) is 5.91 Å². The number of rotatable bonds is 21. The first-order valence-electron chi connectivity index (χ1n) is 12.6. The molecule has 31 heavy (non-hydrogen) atoms. The SMILES string of the molecule is CCCCCCCCCCCCCCCC(=O)NC(CCC)(CCS(=O)(=O)O)N(C)C. The Bertz CT molecular complexity index is 552. The molecule has 0 aliphatic heterocycles. The van der Waals surface area contributed by atoms with Crippen LogP contribution in [0.4, 0.5) is 0 Å². The van der Waals surface area contributed by atoms with Gasteiger partial charge >= 0.3 is 0 Å². The van der Waals surface area contributed by atoms with Crippen LogP contribution >= 0.6 is 0 Å². The number of carbonyl (C=O) groups excluding carboxylic acids is 1. The summed E-state index contributed by atoms with van der Waals surface area (Å²) in [5.41, 5.74) is -0.738. The number of nitrogens with one attached hydrogen (secondary N) is 1. The zero-order valence-electron chi connectivity index (χ0n) is 20.8. The summed E-state index contributed by atoms with van der Waals surface area (Å²) in [5.74, 6) is -0.398. The van der Waals surface area contributed by atoms with E-state index in [4.69, 9.17) is 4.55 Å². The number of hydrogen-bond acceptors (Lipinski definition) is 4. The molecule has 0 bridgehead atoms. The summed E-state index contributed by atoms with van der Waals surface area (Å²) in [5, 5.41) is 3.06. The van der Waals surface area contributed by atoms with Crippen molar-refractivity contribution in [3.63, 3.8) is 0 Å². The normalized spacial score (nSPS) is 14.0. The molecule has 7 heteroatoms. The van der Waals surface area contributed by atoms with E-state index in [1.165, 1.54) is 70.6 Å². The van der Waals surface area contributed by atoms with Gasteiger partial charge in [0.1, 0.15) is 0 Å². The van der Waals surface area contributed by atoms with Crippen LogP contribution in [-0.2, 0) is 14.9 Å². The van der Waals surface area contributed by atoms with E-state index >= 15 is 0 Å². The maximum Gasteiger partial charge on any atom is 0.264 e. The van der Waals surface area contributed by atoms with Crippen LogP contribution in [0.15, 0.2) is 0 Å². The van der Waals surface area contributed by atoms with E-state index in [0.29, 0.717) is 12.8 Å². The Kier molecular flexibility index (Phi) is 17.5. The minimum absolute atomic E-state index is 0.0411. The summed E-state index contributed by atoms with van der Waals surface area (Å²) in [6.45, 7) is 4.26. The zero-order chi connectivity index (χ0) is 23.6. The van der Waals surface area contributed by atoms with Gasteiger partial charge in [0.25, 0.3) is 10.1 Å². The molecule has 0 saturated heterocycles. The third kappa shape index (κ3) is 16.6. The van der Waals surface area contributed by atoms with Gasteiger partial charge < -0.3 is 5.32 Å². The van der Waals surface area contributed by atoms with Gasteiger partial charge in [0.15, 0.2) is 0 Å². The lowest BCUT2D eigenvalue weighted by Crippen LogP contribution is -2.58. The lowest BCUT2D eigenvalue weighted by atomic mass is 9.98. The Morgan fingerprint density at radius 1 is 0.774 bits per heavy atom. The van der Waals surface area contributed by atoms with Crippen LogP contribution in [0.1, 0.15) is 123 Å². The molecule has 6 nitrogen and oxygen atoms in total. The Hall–Kier alpha value is -0.660. The molecule has 0 aliphatic rings. The Labute approximate surface area is 192 Å². The van der Waals surface area contributed by atoms with Crippen molar-refractivity contribution in [3.05, 3.63) is 0 Å². The second-order valence-electron chi connectivity index (χ2n) is 9.25. The maximum absolute atomic E-state index is 12.5. The van der Waals surface area contributed by atoms with Gasteiger partial charge in [-0.15, -0.1) is 0 Å². The summed E-state index contributed by atoms with van der Waals surface area (Å²) >= 11 is 0. The molecule has 0 radical (unpaired) electrons. The number of carbonyl (C=O) groups is 1. The zero-order valence-corrected chi connectivity index (χ0v) is 21.6. The minimum atomic E-state index is -4.06. The van der Waals surface area contributed by atoms with Crippen molar-refractivity contribution in [2.24, 2.45) is 0 Å². The molecule has 1 atom stereocenters. The fraction of sp³-hybridized carbons (Fsp3) is 0.958. The van der Waals surface area contributed by atoms with Gasteiger partial charge in [-0.2, -0.15) is 8.42 Å². The van der Waals surface area contributed by atoms with Crippen molar-refractivity contribution in [1.29, 1.82) is 0 Å². The van der Waals surface area contributed by atoms with Crippen LogP contribution in [0.2, 0.25) is 0 Å². The first-order valence-corrected chi connectivity index (χ1v) is 14.2. The van der Waals surface area contributed by atoms with Gasteiger partial charge in [-0.05, 0) is 26.9 Å². The largest absolute Gasteiger partial charge is 0.338 e. The molecular weight excluding hydrogens is 412 g/mol. The van der Waals surface area contributed by atoms with E-state index in [-0.39, 0.29) is 18.1 Å². The molecular formula is C24H50N2O4S. The molecule has 1 amide bonds. The highest BCUT2D eigenvalue weighted by Crippen LogP contribution is 2.22. The highest BCUT2D eigenvalue weighted by molar-refractivity contribution is 7.85. The van der Waals surface area contributed by atoms with Gasteiger partial charge in [-0.1, -0.05) is 97.3 Å². The molecule has 0 rings (SSSR count). The first kappa shape index (κ1) is 30.3. The van der Waals surface area contributed by atoms with Gasteiger partial charge in [-0.25, -0.2) is 0 Å². The van der Waals surface area contributed by atoms with Gasteiger partial charge in [0.05, 0.1) is 11.4 Å². The standard InChI is InChI=1S/C24H50N2O4S/c1-5-7-8-9-10-11-12-13-14-15-16-17-18-19-23(27)25-24(20-6-2,26(3)4)21-22-31(28,29)30/h5-22H2,1-4H3,(H,25,27)(H,28,29,30). The summed E-state index contributed by atoms with van der Waals surface area (Å²) in [7, 11) is -0.388. The van der Waals surface area contributed by atoms with Gasteiger partial charge in [0, 0.05) is 12.8 Å². The average Bonchev–Trinajstić information content (AvgIpc) is 2.69. The summed E-state index contributed by atoms with van der Waals surface area (Å²) in [6.07, 6.45) is 18.6. The Balaban J connectivity index is 4.03. The third-order valence-electron chi connectivity index (χ3n) is 6.17. The van der Waals surface area contributed by atoms with Crippen molar-refractivity contribution in [2.45, 2.75) is 129 Å². The molecule has 0 spiro atoms. The minimum Gasteiger partial charge on any atom is -0.338 e. The van der Waals surface area contributed by atoms with Crippen molar-refractivity contribution in [1.82, 2.24) is 10.2 Å².